The average Bonchev–Trinajstić information content (AvgIpc) is 2.34. The van der Waals surface area contributed by atoms with Crippen molar-refractivity contribution in [2.24, 2.45) is 5.73 Å². The van der Waals surface area contributed by atoms with Crippen LogP contribution < -0.4 is 10.5 Å². The van der Waals surface area contributed by atoms with Gasteiger partial charge in [0, 0.05) is 5.56 Å². The topological polar surface area (TPSA) is 105 Å². The number of esters is 1. The van der Waals surface area contributed by atoms with Crippen LogP contribution in [0.3, 0.4) is 0 Å². The molecular formula is C11H14N2O5. The summed E-state index contributed by atoms with van der Waals surface area (Å²) in [5.41, 5.74) is 5.82. The highest BCUT2D eigenvalue weighted by molar-refractivity contribution is 5.75. The molecule has 98 valence electrons. The van der Waals surface area contributed by atoms with Crippen LogP contribution in [0.2, 0.25) is 0 Å². The van der Waals surface area contributed by atoms with E-state index in [4.69, 9.17) is 10.5 Å². The monoisotopic (exact) mass is 254 g/mol. The average molecular weight is 254 g/mol. The van der Waals surface area contributed by atoms with E-state index in [2.05, 4.69) is 4.74 Å². The Balaban J connectivity index is 2.82. The summed E-state index contributed by atoms with van der Waals surface area (Å²) in [6, 6.07) is 3.71. The summed E-state index contributed by atoms with van der Waals surface area (Å²) in [7, 11) is 1.21. The summed E-state index contributed by atoms with van der Waals surface area (Å²) in [6.45, 7) is 1.42. The number of nitro groups is 1. The number of methoxy groups -OCH3 is 1. The van der Waals surface area contributed by atoms with E-state index in [1.165, 1.54) is 13.2 Å². The fourth-order valence-electron chi connectivity index (χ4n) is 1.38. The van der Waals surface area contributed by atoms with Gasteiger partial charge in [-0.05, 0) is 13.0 Å². The van der Waals surface area contributed by atoms with Gasteiger partial charge in [-0.15, -0.1) is 0 Å². The molecule has 0 radical (unpaired) electrons. The van der Waals surface area contributed by atoms with Gasteiger partial charge in [0.2, 0.25) is 0 Å². The fraction of sp³-hybridized carbons (Fsp3) is 0.364. The minimum absolute atomic E-state index is 0.0827. The SMILES string of the molecule is COC(=O)C(N)COc1cccc(C)c1[N+](=O)[O-]. The molecule has 0 heterocycles. The molecule has 0 bridgehead atoms. The van der Waals surface area contributed by atoms with E-state index < -0.39 is 16.9 Å². The second-order valence-electron chi connectivity index (χ2n) is 3.62. The third-order valence-corrected chi connectivity index (χ3v) is 2.31. The largest absolute Gasteiger partial charge is 0.485 e. The predicted octanol–water partition coefficient (Wildman–Crippen LogP) is 0.782. The van der Waals surface area contributed by atoms with Crippen LogP contribution in [0.5, 0.6) is 5.75 Å². The van der Waals surface area contributed by atoms with Crippen molar-refractivity contribution >= 4 is 11.7 Å². The molecule has 0 aliphatic rings. The molecular weight excluding hydrogens is 240 g/mol. The number of aryl methyl sites for hydroxylation is 1. The summed E-state index contributed by atoms with van der Waals surface area (Å²) in [4.78, 5) is 21.4. The number of hydrogen-bond acceptors (Lipinski definition) is 6. The molecule has 1 aromatic rings. The van der Waals surface area contributed by atoms with Gasteiger partial charge in [-0.3, -0.25) is 14.9 Å². The number of ether oxygens (including phenoxy) is 2. The minimum atomic E-state index is -0.977. The fourth-order valence-corrected chi connectivity index (χ4v) is 1.38. The van der Waals surface area contributed by atoms with Gasteiger partial charge in [-0.1, -0.05) is 12.1 Å². The maximum Gasteiger partial charge on any atom is 0.326 e. The third kappa shape index (κ3) is 3.17. The zero-order valence-electron chi connectivity index (χ0n) is 10.1. The molecule has 0 fully saturated rings. The summed E-state index contributed by atoms with van der Waals surface area (Å²) in [6.07, 6.45) is 0. The van der Waals surface area contributed by atoms with Crippen molar-refractivity contribution < 1.29 is 19.2 Å². The van der Waals surface area contributed by atoms with Crippen LogP contribution in [0.1, 0.15) is 5.56 Å². The lowest BCUT2D eigenvalue weighted by atomic mass is 10.2. The first kappa shape index (κ1) is 13.9. The molecule has 0 saturated carbocycles. The Kier molecular flexibility index (Phi) is 4.61. The predicted molar refractivity (Wildman–Crippen MR) is 63.3 cm³/mol. The number of benzene rings is 1. The molecule has 1 unspecified atom stereocenters. The molecule has 7 nitrogen and oxygen atoms in total. The van der Waals surface area contributed by atoms with Gasteiger partial charge in [-0.25, -0.2) is 0 Å². The molecule has 0 aliphatic carbocycles. The van der Waals surface area contributed by atoms with Crippen LogP contribution in [-0.4, -0.2) is 30.7 Å². The molecule has 18 heavy (non-hydrogen) atoms. The quantitative estimate of drug-likeness (QED) is 0.473. The Morgan fingerprint density at radius 1 is 1.56 bits per heavy atom. The van der Waals surface area contributed by atoms with Gasteiger partial charge in [0.1, 0.15) is 12.6 Å². The van der Waals surface area contributed by atoms with Gasteiger partial charge in [0.05, 0.1) is 12.0 Å². The molecule has 0 aromatic heterocycles. The third-order valence-electron chi connectivity index (χ3n) is 2.31. The summed E-state index contributed by atoms with van der Waals surface area (Å²) < 4.78 is 9.62. The summed E-state index contributed by atoms with van der Waals surface area (Å²) in [5.74, 6) is -0.551. The van der Waals surface area contributed by atoms with Crippen molar-refractivity contribution in [3.63, 3.8) is 0 Å². The molecule has 0 spiro atoms. The van der Waals surface area contributed by atoms with Crippen molar-refractivity contribution in [3.05, 3.63) is 33.9 Å². The lowest BCUT2D eigenvalue weighted by molar-refractivity contribution is -0.386. The Morgan fingerprint density at radius 2 is 2.22 bits per heavy atom. The second kappa shape index (κ2) is 5.97. The number of carbonyl (C=O) groups excluding carboxylic acids is 1. The minimum Gasteiger partial charge on any atom is -0.485 e. The van der Waals surface area contributed by atoms with Crippen LogP contribution in [0.25, 0.3) is 0 Å². The number of carbonyl (C=O) groups is 1. The molecule has 0 saturated heterocycles. The van der Waals surface area contributed by atoms with E-state index in [1.807, 2.05) is 0 Å². The molecule has 2 N–H and O–H groups in total. The molecule has 1 rings (SSSR count). The molecule has 0 aliphatic heterocycles. The number of nitrogens with zero attached hydrogens (tertiary/aromatic N) is 1. The molecule has 1 aromatic carbocycles. The van der Waals surface area contributed by atoms with Crippen LogP contribution in [0, 0.1) is 17.0 Å². The standard InChI is InChI=1S/C11H14N2O5/c1-7-4-3-5-9(10(7)13(15)16)18-6-8(12)11(14)17-2/h3-5,8H,6,12H2,1-2H3. The highest BCUT2D eigenvalue weighted by atomic mass is 16.6. The lowest BCUT2D eigenvalue weighted by Crippen LogP contribution is -2.37. The van der Waals surface area contributed by atoms with Gasteiger partial charge in [0.25, 0.3) is 0 Å². The number of hydrogen-bond donors (Lipinski definition) is 1. The van der Waals surface area contributed by atoms with Crippen LogP contribution >= 0.6 is 0 Å². The Hall–Kier alpha value is -2.15. The van der Waals surface area contributed by atoms with Gasteiger partial charge < -0.3 is 15.2 Å². The van der Waals surface area contributed by atoms with Crippen LogP contribution in [0.4, 0.5) is 5.69 Å². The molecule has 7 heteroatoms. The van der Waals surface area contributed by atoms with E-state index in [0.717, 1.165) is 0 Å². The van der Waals surface area contributed by atoms with Gasteiger partial charge in [-0.2, -0.15) is 0 Å². The smallest absolute Gasteiger partial charge is 0.326 e. The van der Waals surface area contributed by atoms with E-state index in [-0.39, 0.29) is 18.0 Å². The zero-order valence-corrected chi connectivity index (χ0v) is 10.1. The van der Waals surface area contributed by atoms with Crippen molar-refractivity contribution in [1.29, 1.82) is 0 Å². The van der Waals surface area contributed by atoms with E-state index in [0.29, 0.717) is 5.56 Å². The highest BCUT2D eigenvalue weighted by Gasteiger charge is 2.20. The first-order chi connectivity index (χ1) is 8.47. The van der Waals surface area contributed by atoms with Crippen LogP contribution in [-0.2, 0) is 9.53 Å². The summed E-state index contributed by atoms with van der Waals surface area (Å²) >= 11 is 0. The lowest BCUT2D eigenvalue weighted by Gasteiger charge is -2.11. The Bertz CT molecular complexity index is 461. The van der Waals surface area contributed by atoms with E-state index in [9.17, 15) is 14.9 Å². The zero-order chi connectivity index (χ0) is 13.7. The van der Waals surface area contributed by atoms with Crippen molar-refractivity contribution in [1.82, 2.24) is 0 Å². The van der Waals surface area contributed by atoms with Crippen LogP contribution in [0.15, 0.2) is 18.2 Å². The van der Waals surface area contributed by atoms with Gasteiger partial charge in [0.15, 0.2) is 5.75 Å². The second-order valence-corrected chi connectivity index (χ2v) is 3.62. The van der Waals surface area contributed by atoms with Crippen molar-refractivity contribution in [2.75, 3.05) is 13.7 Å². The number of para-hydroxylation sites is 1. The Morgan fingerprint density at radius 3 is 2.78 bits per heavy atom. The van der Waals surface area contributed by atoms with E-state index >= 15 is 0 Å². The first-order valence-corrected chi connectivity index (χ1v) is 5.17. The maximum absolute atomic E-state index is 11.1. The molecule has 0 amide bonds. The molecule has 1 atom stereocenters. The summed E-state index contributed by atoms with van der Waals surface area (Å²) in [5, 5.41) is 10.9. The highest BCUT2D eigenvalue weighted by Crippen LogP contribution is 2.30. The normalized spacial score (nSPS) is 11.7. The van der Waals surface area contributed by atoms with Crippen molar-refractivity contribution in [2.45, 2.75) is 13.0 Å². The van der Waals surface area contributed by atoms with Gasteiger partial charge >= 0.3 is 11.7 Å². The maximum atomic E-state index is 11.1. The Labute approximate surface area is 104 Å². The van der Waals surface area contributed by atoms with Crippen molar-refractivity contribution in [3.8, 4) is 5.75 Å². The van der Waals surface area contributed by atoms with E-state index in [1.54, 1.807) is 19.1 Å². The number of nitro benzene ring substituents is 1. The number of nitrogens with two attached hydrogens (primary N) is 1. The number of rotatable bonds is 5. The first-order valence-electron chi connectivity index (χ1n) is 5.17.